The molecular weight excluding hydrogens is 288 g/mol. The lowest BCUT2D eigenvalue weighted by Crippen LogP contribution is -1.82. The van der Waals surface area contributed by atoms with E-state index in [-0.39, 0.29) is 0 Å². The fourth-order valence-electron chi connectivity index (χ4n) is 2.36. The predicted molar refractivity (Wildman–Crippen MR) is 100 cm³/mol. The Hall–Kier alpha value is -3.22. The zero-order valence-corrected chi connectivity index (χ0v) is 13.5. The van der Waals surface area contributed by atoms with E-state index in [2.05, 4.69) is 54.0 Å². The number of hydrogen-bond acceptors (Lipinski definition) is 0. The molecule has 0 radical (unpaired) electrons. The van der Waals surface area contributed by atoms with E-state index in [0.29, 0.717) is 0 Å². The van der Waals surface area contributed by atoms with Crippen LogP contribution in [-0.4, -0.2) is 0 Å². The molecule has 0 saturated heterocycles. The fourth-order valence-corrected chi connectivity index (χ4v) is 2.36. The van der Waals surface area contributed by atoms with Gasteiger partial charge in [-0.1, -0.05) is 90.4 Å². The van der Waals surface area contributed by atoms with Crippen molar-refractivity contribution >= 4 is 0 Å². The highest BCUT2D eigenvalue weighted by Gasteiger charge is 1.91. The minimum absolute atomic E-state index is 0.769. The minimum Gasteiger partial charge on any atom is -0.0931 e. The molecule has 0 bridgehead atoms. The Morgan fingerprint density at radius 1 is 0.500 bits per heavy atom. The van der Waals surface area contributed by atoms with E-state index in [9.17, 15) is 0 Å². The van der Waals surface area contributed by atoms with Gasteiger partial charge in [-0.2, -0.15) is 0 Å². The maximum absolute atomic E-state index is 3.23. The van der Waals surface area contributed by atoms with Crippen LogP contribution in [0.2, 0.25) is 0 Å². The topological polar surface area (TPSA) is 0 Å². The zero-order chi connectivity index (χ0) is 16.5. The average molecular weight is 306 g/mol. The van der Waals surface area contributed by atoms with Gasteiger partial charge in [0.1, 0.15) is 0 Å². The Bertz CT molecular complexity index is 823. The molecule has 0 nitrogen and oxygen atoms in total. The number of benzene rings is 3. The molecule has 3 aromatic carbocycles. The summed E-state index contributed by atoms with van der Waals surface area (Å²) in [5.41, 5.74) is 4.50. The van der Waals surface area contributed by atoms with Crippen LogP contribution in [0.4, 0.5) is 0 Å². The molecule has 0 atom stereocenters. The normalized spacial score (nSPS) is 9.33. The Morgan fingerprint density at radius 2 is 0.958 bits per heavy atom. The molecule has 0 saturated carbocycles. The van der Waals surface area contributed by atoms with Crippen molar-refractivity contribution in [1.82, 2.24) is 0 Å². The summed E-state index contributed by atoms with van der Waals surface area (Å²) >= 11 is 0. The SMILES string of the molecule is C(#Cc1cccc(C#CCc2ccccc2)c1)Cc1ccccc1. The van der Waals surface area contributed by atoms with Gasteiger partial charge in [-0.25, -0.2) is 0 Å². The van der Waals surface area contributed by atoms with Crippen LogP contribution in [0.1, 0.15) is 22.3 Å². The van der Waals surface area contributed by atoms with E-state index >= 15 is 0 Å². The molecule has 0 fully saturated rings. The molecule has 3 rings (SSSR count). The highest BCUT2D eigenvalue weighted by Crippen LogP contribution is 2.04. The summed E-state index contributed by atoms with van der Waals surface area (Å²) in [5, 5.41) is 0. The van der Waals surface area contributed by atoms with Crippen LogP contribution in [0.15, 0.2) is 84.9 Å². The summed E-state index contributed by atoms with van der Waals surface area (Å²) in [6, 6.07) is 28.7. The van der Waals surface area contributed by atoms with Crippen molar-refractivity contribution in [2.24, 2.45) is 0 Å². The third-order valence-corrected chi connectivity index (χ3v) is 3.60. The molecular formula is C24H18. The molecule has 0 heterocycles. The van der Waals surface area contributed by atoms with Crippen molar-refractivity contribution in [2.75, 3.05) is 0 Å². The molecule has 0 heteroatoms. The monoisotopic (exact) mass is 306 g/mol. The first-order valence-corrected chi connectivity index (χ1v) is 8.06. The Kier molecular flexibility index (Phi) is 5.50. The summed E-state index contributed by atoms with van der Waals surface area (Å²) < 4.78 is 0. The maximum atomic E-state index is 3.23. The molecule has 0 N–H and O–H groups in total. The average Bonchev–Trinajstić information content (AvgIpc) is 2.64. The van der Waals surface area contributed by atoms with Gasteiger partial charge >= 0.3 is 0 Å². The van der Waals surface area contributed by atoms with Gasteiger partial charge in [-0.05, 0) is 29.3 Å². The standard InChI is InChI=1S/C24H18/c1-3-10-21(11-4-1)14-7-16-23-18-9-19-24(20-23)17-8-15-22-12-5-2-6-13-22/h1-6,9-13,18-20H,14-15H2. The second-order valence-electron chi connectivity index (χ2n) is 5.51. The van der Waals surface area contributed by atoms with E-state index in [1.54, 1.807) is 0 Å². The Balaban J connectivity index is 1.65. The van der Waals surface area contributed by atoms with Crippen LogP contribution in [0.25, 0.3) is 0 Å². The van der Waals surface area contributed by atoms with Crippen LogP contribution in [0.3, 0.4) is 0 Å². The third kappa shape index (κ3) is 4.91. The van der Waals surface area contributed by atoms with E-state index < -0.39 is 0 Å². The highest BCUT2D eigenvalue weighted by atomic mass is 13.9. The predicted octanol–water partition coefficient (Wildman–Crippen LogP) is 4.88. The van der Waals surface area contributed by atoms with Crippen molar-refractivity contribution in [2.45, 2.75) is 12.8 Å². The van der Waals surface area contributed by atoms with Crippen molar-refractivity contribution in [3.63, 3.8) is 0 Å². The lowest BCUT2D eigenvalue weighted by atomic mass is 10.1. The molecule has 0 unspecified atom stereocenters. The first-order chi connectivity index (χ1) is 11.9. The zero-order valence-electron chi connectivity index (χ0n) is 13.5. The highest BCUT2D eigenvalue weighted by molar-refractivity contribution is 5.44. The van der Waals surface area contributed by atoms with Crippen LogP contribution in [0.5, 0.6) is 0 Å². The van der Waals surface area contributed by atoms with E-state index in [4.69, 9.17) is 0 Å². The second-order valence-corrected chi connectivity index (χ2v) is 5.51. The number of hydrogen-bond donors (Lipinski definition) is 0. The largest absolute Gasteiger partial charge is 0.0931 e. The van der Waals surface area contributed by atoms with Crippen molar-refractivity contribution < 1.29 is 0 Å². The summed E-state index contributed by atoms with van der Waals surface area (Å²) in [4.78, 5) is 0. The van der Waals surface area contributed by atoms with Gasteiger partial charge in [0.25, 0.3) is 0 Å². The molecule has 114 valence electrons. The van der Waals surface area contributed by atoms with Crippen molar-refractivity contribution in [3.8, 4) is 23.7 Å². The molecule has 0 aromatic heterocycles. The fraction of sp³-hybridized carbons (Fsp3) is 0.0833. The van der Waals surface area contributed by atoms with Gasteiger partial charge in [0, 0.05) is 24.0 Å². The summed E-state index contributed by atoms with van der Waals surface area (Å²) in [5.74, 6) is 12.9. The molecule has 0 amide bonds. The smallest absolute Gasteiger partial charge is 0.0344 e. The van der Waals surface area contributed by atoms with Crippen LogP contribution in [0, 0.1) is 23.7 Å². The molecule has 3 aromatic rings. The Labute approximate surface area is 144 Å². The lowest BCUT2D eigenvalue weighted by Gasteiger charge is -1.94. The summed E-state index contributed by atoms with van der Waals surface area (Å²) in [7, 11) is 0. The van der Waals surface area contributed by atoms with Crippen molar-refractivity contribution in [3.05, 3.63) is 107 Å². The van der Waals surface area contributed by atoms with E-state index in [0.717, 1.165) is 24.0 Å². The molecule has 0 aliphatic rings. The second kappa shape index (κ2) is 8.42. The molecule has 0 aliphatic carbocycles. The van der Waals surface area contributed by atoms with Gasteiger partial charge in [-0.3, -0.25) is 0 Å². The minimum atomic E-state index is 0.769. The maximum Gasteiger partial charge on any atom is 0.0344 e. The van der Waals surface area contributed by atoms with E-state index in [1.165, 1.54) is 11.1 Å². The van der Waals surface area contributed by atoms with Gasteiger partial charge in [0.2, 0.25) is 0 Å². The van der Waals surface area contributed by atoms with Gasteiger partial charge in [-0.15, -0.1) is 0 Å². The van der Waals surface area contributed by atoms with Crippen LogP contribution in [-0.2, 0) is 12.8 Å². The third-order valence-electron chi connectivity index (χ3n) is 3.60. The van der Waals surface area contributed by atoms with Gasteiger partial charge in [0.05, 0.1) is 0 Å². The molecule has 0 aliphatic heterocycles. The lowest BCUT2D eigenvalue weighted by molar-refractivity contribution is 1.32. The number of rotatable bonds is 2. The molecule has 0 spiro atoms. The van der Waals surface area contributed by atoms with Gasteiger partial charge in [0.15, 0.2) is 0 Å². The summed E-state index contributed by atoms with van der Waals surface area (Å²) in [6.07, 6.45) is 1.54. The summed E-state index contributed by atoms with van der Waals surface area (Å²) in [6.45, 7) is 0. The first kappa shape index (κ1) is 15.7. The Morgan fingerprint density at radius 3 is 1.42 bits per heavy atom. The van der Waals surface area contributed by atoms with Gasteiger partial charge < -0.3 is 0 Å². The van der Waals surface area contributed by atoms with Crippen molar-refractivity contribution in [1.29, 1.82) is 0 Å². The van der Waals surface area contributed by atoms with E-state index in [1.807, 2.05) is 54.6 Å². The van der Waals surface area contributed by atoms with Crippen LogP contribution >= 0.6 is 0 Å². The van der Waals surface area contributed by atoms with Crippen LogP contribution < -0.4 is 0 Å². The molecule has 24 heavy (non-hydrogen) atoms. The quantitative estimate of drug-likeness (QED) is 0.592. The first-order valence-electron chi connectivity index (χ1n) is 8.06.